The van der Waals surface area contributed by atoms with Crippen molar-refractivity contribution in [3.8, 4) is 28.7 Å². The SMILES string of the molecule is CCOc1ccc(C(=O)Nc2cccc(C(=O)NN=Cc3ccccc3OC(=O)c3ccc4c(c3)OCO4)c2)cc1OCC. The third-order valence-corrected chi connectivity index (χ3v) is 6.29. The highest BCUT2D eigenvalue weighted by Crippen LogP contribution is 2.33. The van der Waals surface area contributed by atoms with Gasteiger partial charge in [-0.15, -0.1) is 0 Å². The van der Waals surface area contributed by atoms with E-state index in [-0.39, 0.29) is 24.0 Å². The Morgan fingerprint density at radius 1 is 0.750 bits per heavy atom. The monoisotopic (exact) mass is 595 g/mol. The highest BCUT2D eigenvalue weighted by atomic mass is 16.7. The van der Waals surface area contributed by atoms with Gasteiger partial charge in [0.25, 0.3) is 11.8 Å². The van der Waals surface area contributed by atoms with Crippen LogP contribution in [0, 0.1) is 0 Å². The molecule has 4 aromatic carbocycles. The first-order chi connectivity index (χ1) is 21.4. The summed E-state index contributed by atoms with van der Waals surface area (Å²) in [4.78, 5) is 38.5. The van der Waals surface area contributed by atoms with E-state index in [0.717, 1.165) is 0 Å². The van der Waals surface area contributed by atoms with Crippen molar-refractivity contribution in [1.29, 1.82) is 0 Å². The maximum absolute atomic E-state index is 12.9. The smallest absolute Gasteiger partial charge is 0.343 e. The summed E-state index contributed by atoms with van der Waals surface area (Å²) in [6.07, 6.45) is 1.37. The van der Waals surface area contributed by atoms with Crippen LogP contribution in [0.1, 0.15) is 50.5 Å². The fourth-order valence-corrected chi connectivity index (χ4v) is 4.22. The number of benzene rings is 4. The number of para-hydroxylation sites is 1. The Labute approximate surface area is 253 Å². The van der Waals surface area contributed by atoms with E-state index in [2.05, 4.69) is 15.8 Å². The van der Waals surface area contributed by atoms with Gasteiger partial charge in [-0.25, -0.2) is 10.2 Å². The molecule has 0 atom stereocenters. The van der Waals surface area contributed by atoms with Crippen molar-refractivity contribution < 1.29 is 38.1 Å². The van der Waals surface area contributed by atoms with Gasteiger partial charge in [0.1, 0.15) is 5.75 Å². The third kappa shape index (κ3) is 7.13. The summed E-state index contributed by atoms with van der Waals surface area (Å²) >= 11 is 0. The molecule has 5 rings (SSSR count). The molecule has 1 aliphatic rings. The van der Waals surface area contributed by atoms with Crippen LogP contribution in [0.2, 0.25) is 0 Å². The predicted molar refractivity (Wildman–Crippen MR) is 162 cm³/mol. The van der Waals surface area contributed by atoms with Gasteiger partial charge in [0.15, 0.2) is 23.0 Å². The average Bonchev–Trinajstić information content (AvgIpc) is 3.51. The Morgan fingerprint density at radius 2 is 1.50 bits per heavy atom. The van der Waals surface area contributed by atoms with Crippen LogP contribution in [-0.2, 0) is 0 Å². The van der Waals surface area contributed by atoms with Crippen LogP contribution < -0.4 is 34.4 Å². The predicted octanol–water partition coefficient (Wildman–Crippen LogP) is 5.45. The second-order valence-electron chi connectivity index (χ2n) is 9.26. The van der Waals surface area contributed by atoms with Crippen LogP contribution in [0.4, 0.5) is 5.69 Å². The normalized spacial score (nSPS) is 11.6. The molecule has 0 fully saturated rings. The number of amides is 2. The van der Waals surface area contributed by atoms with E-state index in [1.807, 2.05) is 13.8 Å². The number of esters is 1. The van der Waals surface area contributed by atoms with E-state index in [9.17, 15) is 14.4 Å². The number of hydrogen-bond acceptors (Lipinski definition) is 9. The van der Waals surface area contributed by atoms with Crippen molar-refractivity contribution in [2.45, 2.75) is 13.8 Å². The number of fused-ring (bicyclic) bond motifs is 1. The molecule has 0 bridgehead atoms. The zero-order valence-electron chi connectivity index (χ0n) is 24.0. The highest BCUT2D eigenvalue weighted by Gasteiger charge is 2.18. The zero-order chi connectivity index (χ0) is 30.9. The minimum Gasteiger partial charge on any atom is -0.490 e. The van der Waals surface area contributed by atoms with Gasteiger partial charge in [-0.1, -0.05) is 18.2 Å². The molecule has 0 saturated heterocycles. The lowest BCUT2D eigenvalue weighted by atomic mass is 10.1. The van der Waals surface area contributed by atoms with E-state index in [1.54, 1.807) is 78.9 Å². The number of hydrazone groups is 1. The fraction of sp³-hybridized carbons (Fsp3) is 0.152. The van der Waals surface area contributed by atoms with Gasteiger partial charge in [-0.2, -0.15) is 5.10 Å². The minimum atomic E-state index is -0.591. The van der Waals surface area contributed by atoms with Gasteiger partial charge in [-0.3, -0.25) is 9.59 Å². The summed E-state index contributed by atoms with van der Waals surface area (Å²) < 4.78 is 27.3. The Kier molecular flexibility index (Phi) is 9.35. The molecule has 0 aliphatic carbocycles. The van der Waals surface area contributed by atoms with Crippen LogP contribution >= 0.6 is 0 Å². The van der Waals surface area contributed by atoms with Crippen molar-refractivity contribution in [3.63, 3.8) is 0 Å². The summed E-state index contributed by atoms with van der Waals surface area (Å²) in [6.45, 7) is 4.69. The maximum atomic E-state index is 12.9. The number of nitrogens with one attached hydrogen (secondary N) is 2. The first-order valence-corrected chi connectivity index (χ1v) is 13.8. The van der Waals surface area contributed by atoms with Gasteiger partial charge in [-0.05, 0) is 80.6 Å². The Balaban J connectivity index is 1.21. The van der Waals surface area contributed by atoms with E-state index in [0.29, 0.717) is 58.6 Å². The summed E-state index contributed by atoms with van der Waals surface area (Å²) in [5, 5.41) is 6.82. The zero-order valence-corrected chi connectivity index (χ0v) is 24.0. The molecule has 1 heterocycles. The largest absolute Gasteiger partial charge is 0.490 e. The highest BCUT2D eigenvalue weighted by molar-refractivity contribution is 6.05. The summed E-state index contributed by atoms with van der Waals surface area (Å²) in [6, 6.07) is 22.9. The van der Waals surface area contributed by atoms with E-state index in [4.69, 9.17) is 23.7 Å². The Hall–Kier alpha value is -5.84. The molecule has 11 heteroatoms. The van der Waals surface area contributed by atoms with Crippen molar-refractivity contribution in [3.05, 3.63) is 107 Å². The van der Waals surface area contributed by atoms with E-state index < -0.39 is 11.9 Å². The quantitative estimate of drug-likeness (QED) is 0.101. The average molecular weight is 596 g/mol. The van der Waals surface area contributed by atoms with Gasteiger partial charge >= 0.3 is 5.97 Å². The summed E-state index contributed by atoms with van der Waals surface area (Å²) in [5.74, 6) is 0.816. The molecule has 0 radical (unpaired) electrons. The van der Waals surface area contributed by atoms with E-state index >= 15 is 0 Å². The molecule has 11 nitrogen and oxygen atoms in total. The molecular formula is C33H29N3O8. The van der Waals surface area contributed by atoms with Crippen LogP contribution in [0.15, 0.2) is 90.0 Å². The van der Waals surface area contributed by atoms with Crippen LogP contribution in [0.25, 0.3) is 0 Å². The minimum absolute atomic E-state index is 0.0945. The van der Waals surface area contributed by atoms with E-state index in [1.165, 1.54) is 12.3 Å². The standard InChI is InChI=1S/C33H29N3O8/c1-3-40-27-14-12-22(17-29(27)41-4-2)31(37)35-25-10-7-9-21(16-25)32(38)36-34-19-24-8-5-6-11-26(24)44-33(39)23-13-15-28-30(18-23)43-20-42-28/h5-19H,3-4,20H2,1-2H3,(H,35,37)(H,36,38). The molecular weight excluding hydrogens is 566 g/mol. The lowest BCUT2D eigenvalue weighted by Gasteiger charge is -2.12. The molecule has 2 N–H and O–H groups in total. The molecule has 4 aromatic rings. The first kappa shape index (κ1) is 29.6. The van der Waals surface area contributed by atoms with Crippen molar-refractivity contribution in [2.24, 2.45) is 5.10 Å². The number of hydrogen-bond donors (Lipinski definition) is 2. The molecule has 0 spiro atoms. The number of carbonyl (C=O) groups is 3. The lowest BCUT2D eigenvalue weighted by molar-refractivity contribution is 0.0733. The van der Waals surface area contributed by atoms with Crippen molar-refractivity contribution in [2.75, 3.05) is 25.3 Å². The van der Waals surface area contributed by atoms with Crippen molar-refractivity contribution >= 4 is 29.7 Å². The van der Waals surface area contributed by atoms with Gasteiger partial charge in [0.2, 0.25) is 6.79 Å². The number of anilines is 1. The number of nitrogens with zero attached hydrogens (tertiary/aromatic N) is 1. The molecule has 44 heavy (non-hydrogen) atoms. The van der Waals surface area contributed by atoms with Gasteiger partial charge < -0.3 is 29.0 Å². The second-order valence-corrected chi connectivity index (χ2v) is 9.26. The third-order valence-electron chi connectivity index (χ3n) is 6.29. The summed E-state index contributed by atoms with van der Waals surface area (Å²) in [5.41, 5.74) is 4.26. The Morgan fingerprint density at radius 3 is 2.34 bits per heavy atom. The molecule has 0 aromatic heterocycles. The lowest BCUT2D eigenvalue weighted by Crippen LogP contribution is -2.18. The van der Waals surface area contributed by atoms with Crippen LogP contribution in [-0.4, -0.2) is 44.0 Å². The van der Waals surface area contributed by atoms with Crippen LogP contribution in [0.3, 0.4) is 0 Å². The molecule has 0 saturated carbocycles. The number of carbonyl (C=O) groups excluding carboxylic acids is 3. The number of ether oxygens (including phenoxy) is 5. The molecule has 1 aliphatic heterocycles. The van der Waals surface area contributed by atoms with Crippen molar-refractivity contribution in [1.82, 2.24) is 5.43 Å². The second kappa shape index (κ2) is 13.9. The topological polar surface area (TPSA) is 134 Å². The summed E-state index contributed by atoms with van der Waals surface area (Å²) in [7, 11) is 0. The number of rotatable bonds is 11. The fourth-order valence-electron chi connectivity index (χ4n) is 4.22. The molecule has 2 amide bonds. The maximum Gasteiger partial charge on any atom is 0.343 e. The molecule has 0 unspecified atom stereocenters. The first-order valence-electron chi connectivity index (χ1n) is 13.8. The van der Waals surface area contributed by atoms with Crippen LogP contribution in [0.5, 0.6) is 28.7 Å². The molecule has 224 valence electrons. The van der Waals surface area contributed by atoms with Gasteiger partial charge in [0.05, 0.1) is 25.0 Å². The van der Waals surface area contributed by atoms with Gasteiger partial charge in [0, 0.05) is 22.4 Å². The Bertz CT molecular complexity index is 1720.